The highest BCUT2D eigenvalue weighted by atomic mass is 79.9. The van der Waals surface area contributed by atoms with Gasteiger partial charge in [0, 0.05) is 10.4 Å². The van der Waals surface area contributed by atoms with Crippen LogP contribution in [0.25, 0.3) is 11.5 Å². The first-order chi connectivity index (χ1) is 11.0. The van der Waals surface area contributed by atoms with Crippen molar-refractivity contribution in [3.8, 4) is 11.5 Å². The maximum absolute atomic E-state index is 10.3. The Hall–Kier alpha value is -1.43. The van der Waals surface area contributed by atoms with Crippen LogP contribution in [0.15, 0.2) is 44.6 Å². The van der Waals surface area contributed by atoms with Gasteiger partial charge in [0.2, 0.25) is 5.89 Å². The molecule has 0 amide bonds. The first kappa shape index (κ1) is 16.4. The number of rotatable bonds is 5. The third-order valence-electron chi connectivity index (χ3n) is 3.77. The molecule has 2 heterocycles. The van der Waals surface area contributed by atoms with E-state index in [2.05, 4.69) is 27.8 Å². The van der Waals surface area contributed by atoms with E-state index >= 15 is 0 Å². The number of thiophene rings is 1. The highest BCUT2D eigenvalue weighted by molar-refractivity contribution is 9.11. The van der Waals surface area contributed by atoms with Crippen molar-refractivity contribution in [1.82, 2.24) is 4.98 Å². The average Bonchev–Trinajstić information content (AvgIpc) is 3.12. The third kappa shape index (κ3) is 3.91. The van der Waals surface area contributed by atoms with Crippen LogP contribution in [0.5, 0.6) is 0 Å². The largest absolute Gasteiger partial charge is 0.441 e. The zero-order chi connectivity index (χ0) is 16.4. The third-order valence-corrected chi connectivity index (χ3v) is 5.49. The minimum absolute atomic E-state index is 0.467. The zero-order valence-corrected chi connectivity index (χ0v) is 15.4. The molecule has 23 heavy (non-hydrogen) atoms. The van der Waals surface area contributed by atoms with Crippen molar-refractivity contribution >= 4 is 27.3 Å². The van der Waals surface area contributed by atoms with Crippen molar-refractivity contribution in [2.24, 2.45) is 0 Å². The summed E-state index contributed by atoms with van der Waals surface area (Å²) >= 11 is 4.98. The van der Waals surface area contributed by atoms with Crippen LogP contribution in [0.2, 0.25) is 0 Å². The molecule has 0 aliphatic rings. The van der Waals surface area contributed by atoms with Crippen LogP contribution >= 0.6 is 27.3 Å². The van der Waals surface area contributed by atoms with Gasteiger partial charge in [-0.15, -0.1) is 11.3 Å². The molecule has 0 radical (unpaired) electrons. The predicted octanol–water partition coefficient (Wildman–Crippen LogP) is 5.45. The van der Waals surface area contributed by atoms with Crippen molar-refractivity contribution in [3.63, 3.8) is 0 Å². The lowest BCUT2D eigenvalue weighted by Crippen LogP contribution is -1.98. The van der Waals surface area contributed by atoms with Gasteiger partial charge in [-0.05, 0) is 66.9 Å². The predicted molar refractivity (Wildman–Crippen MR) is 96.7 cm³/mol. The number of halogens is 1. The van der Waals surface area contributed by atoms with Crippen molar-refractivity contribution < 1.29 is 9.52 Å². The Morgan fingerprint density at radius 1 is 1.17 bits per heavy atom. The van der Waals surface area contributed by atoms with Gasteiger partial charge in [0.05, 0.1) is 15.6 Å². The maximum atomic E-state index is 10.3. The van der Waals surface area contributed by atoms with E-state index in [0.717, 1.165) is 25.7 Å². The molecule has 0 spiro atoms. The molecule has 3 aromatic rings. The minimum atomic E-state index is -0.467. The van der Waals surface area contributed by atoms with Crippen molar-refractivity contribution in [2.45, 2.75) is 32.8 Å². The topological polar surface area (TPSA) is 46.3 Å². The van der Waals surface area contributed by atoms with Crippen molar-refractivity contribution in [1.29, 1.82) is 0 Å². The van der Waals surface area contributed by atoms with Crippen LogP contribution in [-0.4, -0.2) is 10.1 Å². The van der Waals surface area contributed by atoms with E-state index in [-0.39, 0.29) is 0 Å². The Bertz CT molecular complexity index is 792. The Kier molecular flexibility index (Phi) is 4.99. The highest BCUT2D eigenvalue weighted by Gasteiger charge is 2.15. The molecule has 0 aliphatic carbocycles. The number of hydrogen-bond donors (Lipinski definition) is 1. The van der Waals surface area contributed by atoms with Crippen LogP contribution in [0.4, 0.5) is 0 Å². The Morgan fingerprint density at radius 2 is 1.91 bits per heavy atom. The van der Waals surface area contributed by atoms with Crippen molar-refractivity contribution in [3.05, 3.63) is 62.1 Å². The molecule has 1 atom stereocenters. The molecule has 120 valence electrons. The van der Waals surface area contributed by atoms with Crippen LogP contribution < -0.4 is 0 Å². The monoisotopic (exact) mass is 391 g/mol. The van der Waals surface area contributed by atoms with Gasteiger partial charge in [0.1, 0.15) is 5.76 Å². The van der Waals surface area contributed by atoms with Gasteiger partial charge in [-0.1, -0.05) is 17.7 Å². The van der Waals surface area contributed by atoms with Crippen molar-refractivity contribution in [2.75, 3.05) is 0 Å². The lowest BCUT2D eigenvalue weighted by molar-refractivity contribution is 0.171. The fourth-order valence-electron chi connectivity index (χ4n) is 2.40. The lowest BCUT2D eigenvalue weighted by atomic mass is 10.1. The summed E-state index contributed by atoms with van der Waals surface area (Å²) in [6.07, 6.45) is 0.858. The zero-order valence-electron chi connectivity index (χ0n) is 13.0. The van der Waals surface area contributed by atoms with E-state index in [4.69, 9.17) is 4.42 Å². The van der Waals surface area contributed by atoms with E-state index < -0.39 is 6.10 Å². The summed E-state index contributed by atoms with van der Waals surface area (Å²) in [7, 11) is 0. The Labute approximate surface area is 148 Å². The van der Waals surface area contributed by atoms with E-state index in [0.29, 0.717) is 18.7 Å². The first-order valence-corrected chi connectivity index (χ1v) is 9.10. The molecule has 5 heteroatoms. The van der Waals surface area contributed by atoms with Gasteiger partial charge in [-0.2, -0.15) is 0 Å². The standard InChI is InChI=1S/C18H18BrNO2S/c1-11-3-5-13(6-4-11)18-20-14(12(2)22-18)7-8-15(21)16-9-10-17(19)23-16/h3-6,9-10,15,21H,7-8H2,1-2H3. The number of nitrogens with zero attached hydrogens (tertiary/aromatic N) is 1. The number of aliphatic hydroxyl groups excluding tert-OH is 1. The molecule has 0 aliphatic heterocycles. The summed E-state index contributed by atoms with van der Waals surface area (Å²) in [5.41, 5.74) is 3.10. The molecule has 2 aromatic heterocycles. The number of oxazole rings is 1. The molecule has 3 rings (SSSR count). The molecule has 0 fully saturated rings. The molecule has 0 bridgehead atoms. The van der Waals surface area contributed by atoms with E-state index in [1.54, 1.807) is 11.3 Å². The second-order valence-electron chi connectivity index (χ2n) is 5.58. The number of aromatic nitrogens is 1. The second-order valence-corrected chi connectivity index (χ2v) is 8.08. The first-order valence-electron chi connectivity index (χ1n) is 7.49. The van der Waals surface area contributed by atoms with E-state index in [9.17, 15) is 5.11 Å². The van der Waals surface area contributed by atoms with Crippen LogP contribution in [0, 0.1) is 13.8 Å². The van der Waals surface area contributed by atoms with Gasteiger partial charge in [-0.25, -0.2) is 4.98 Å². The van der Waals surface area contributed by atoms with Crippen LogP contribution in [-0.2, 0) is 6.42 Å². The number of aryl methyl sites for hydroxylation is 3. The summed E-state index contributed by atoms with van der Waals surface area (Å²) in [5, 5.41) is 10.3. The fourth-order valence-corrected chi connectivity index (χ4v) is 3.85. The number of aliphatic hydroxyl groups is 1. The molecule has 1 aromatic carbocycles. The molecule has 0 saturated heterocycles. The summed E-state index contributed by atoms with van der Waals surface area (Å²) in [5.74, 6) is 1.46. The molecule has 0 saturated carbocycles. The quantitative estimate of drug-likeness (QED) is 0.628. The van der Waals surface area contributed by atoms with E-state index in [1.165, 1.54) is 5.56 Å². The molecular formula is C18H18BrNO2S. The maximum Gasteiger partial charge on any atom is 0.226 e. The summed E-state index contributed by atoms with van der Waals surface area (Å²) in [6.45, 7) is 3.98. The second kappa shape index (κ2) is 6.99. The number of benzene rings is 1. The fraction of sp³-hybridized carbons (Fsp3) is 0.278. The average molecular weight is 392 g/mol. The molecule has 1 N–H and O–H groups in total. The summed E-state index contributed by atoms with van der Waals surface area (Å²) in [6, 6.07) is 12.0. The Morgan fingerprint density at radius 3 is 2.57 bits per heavy atom. The van der Waals surface area contributed by atoms with E-state index in [1.807, 2.05) is 43.3 Å². The van der Waals surface area contributed by atoms with Crippen LogP contribution in [0.3, 0.4) is 0 Å². The van der Waals surface area contributed by atoms with Gasteiger partial charge in [0.25, 0.3) is 0 Å². The van der Waals surface area contributed by atoms with Gasteiger partial charge in [-0.3, -0.25) is 0 Å². The van der Waals surface area contributed by atoms with Gasteiger partial charge < -0.3 is 9.52 Å². The number of hydrogen-bond acceptors (Lipinski definition) is 4. The smallest absolute Gasteiger partial charge is 0.226 e. The lowest BCUT2D eigenvalue weighted by Gasteiger charge is -2.06. The minimum Gasteiger partial charge on any atom is -0.441 e. The Balaban J connectivity index is 1.70. The highest BCUT2D eigenvalue weighted by Crippen LogP contribution is 2.30. The molecule has 3 nitrogen and oxygen atoms in total. The summed E-state index contributed by atoms with van der Waals surface area (Å²) < 4.78 is 6.82. The molecular weight excluding hydrogens is 374 g/mol. The normalized spacial score (nSPS) is 12.5. The summed E-state index contributed by atoms with van der Waals surface area (Å²) in [4.78, 5) is 5.57. The van der Waals surface area contributed by atoms with Gasteiger partial charge in [0.15, 0.2) is 0 Å². The van der Waals surface area contributed by atoms with Crippen LogP contribution in [0.1, 0.15) is 34.4 Å². The SMILES string of the molecule is Cc1ccc(-c2nc(CCC(O)c3ccc(Br)s3)c(C)o2)cc1. The van der Waals surface area contributed by atoms with Gasteiger partial charge >= 0.3 is 0 Å². The molecule has 1 unspecified atom stereocenters.